The van der Waals surface area contributed by atoms with E-state index in [0.29, 0.717) is 5.25 Å². The van der Waals surface area contributed by atoms with Crippen molar-refractivity contribution in [1.29, 1.82) is 0 Å². The van der Waals surface area contributed by atoms with Gasteiger partial charge >= 0.3 is 0 Å². The van der Waals surface area contributed by atoms with E-state index in [9.17, 15) is 0 Å². The van der Waals surface area contributed by atoms with E-state index >= 15 is 0 Å². The maximum Gasteiger partial charge on any atom is 0.167 e. The van der Waals surface area contributed by atoms with Crippen molar-refractivity contribution in [2.75, 3.05) is 6.54 Å². The highest BCUT2D eigenvalue weighted by molar-refractivity contribution is 7.99. The Morgan fingerprint density at radius 1 is 1.56 bits per heavy atom. The molecule has 0 amide bonds. The van der Waals surface area contributed by atoms with E-state index in [2.05, 4.69) is 21.8 Å². The summed E-state index contributed by atoms with van der Waals surface area (Å²) in [5.74, 6) is 0. The topological polar surface area (TPSA) is 29.9 Å². The van der Waals surface area contributed by atoms with E-state index in [1.807, 2.05) is 31.2 Å². The Kier molecular flexibility index (Phi) is 4.29. The van der Waals surface area contributed by atoms with Gasteiger partial charge in [0.1, 0.15) is 0 Å². The van der Waals surface area contributed by atoms with Crippen LogP contribution in [0.3, 0.4) is 0 Å². The van der Waals surface area contributed by atoms with E-state index in [1.54, 1.807) is 0 Å². The van der Waals surface area contributed by atoms with E-state index < -0.39 is 0 Å². The van der Waals surface area contributed by atoms with Crippen LogP contribution >= 0.6 is 11.8 Å². The first-order valence-electron chi connectivity index (χ1n) is 6.13. The molecule has 16 heavy (non-hydrogen) atoms. The highest BCUT2D eigenvalue weighted by Crippen LogP contribution is 2.22. The first-order chi connectivity index (χ1) is 7.75. The van der Waals surface area contributed by atoms with Gasteiger partial charge in [0.15, 0.2) is 5.16 Å². The van der Waals surface area contributed by atoms with Crippen LogP contribution in [0.15, 0.2) is 17.6 Å². The van der Waals surface area contributed by atoms with Crippen molar-refractivity contribution in [2.45, 2.75) is 49.1 Å². The van der Waals surface area contributed by atoms with E-state index in [4.69, 9.17) is 0 Å². The lowest BCUT2D eigenvalue weighted by atomic mass is 10.2. The SMILES string of the molecule is CC(CNC1CCCC1)Sc1nccn1C. The summed E-state index contributed by atoms with van der Waals surface area (Å²) < 4.78 is 2.08. The summed E-state index contributed by atoms with van der Waals surface area (Å²) in [6.07, 6.45) is 9.38. The zero-order chi connectivity index (χ0) is 11.4. The summed E-state index contributed by atoms with van der Waals surface area (Å²) in [4.78, 5) is 4.33. The molecular weight excluding hydrogens is 218 g/mol. The van der Waals surface area contributed by atoms with Crippen LogP contribution in [0.5, 0.6) is 0 Å². The molecule has 0 saturated heterocycles. The van der Waals surface area contributed by atoms with Gasteiger partial charge in [-0.25, -0.2) is 4.98 Å². The molecule has 1 aliphatic rings. The van der Waals surface area contributed by atoms with Gasteiger partial charge in [-0.15, -0.1) is 0 Å². The Labute approximate surface area is 102 Å². The first-order valence-corrected chi connectivity index (χ1v) is 7.01. The van der Waals surface area contributed by atoms with Gasteiger partial charge in [0.25, 0.3) is 0 Å². The number of aryl methyl sites for hydroxylation is 1. The van der Waals surface area contributed by atoms with Crippen LogP contribution < -0.4 is 5.32 Å². The average Bonchev–Trinajstić information content (AvgIpc) is 2.88. The molecule has 1 fully saturated rings. The minimum absolute atomic E-state index is 0.585. The Morgan fingerprint density at radius 3 is 2.94 bits per heavy atom. The van der Waals surface area contributed by atoms with E-state index in [1.165, 1.54) is 25.7 Å². The Morgan fingerprint density at radius 2 is 2.31 bits per heavy atom. The van der Waals surface area contributed by atoms with Crippen molar-refractivity contribution in [3.05, 3.63) is 12.4 Å². The number of nitrogens with one attached hydrogen (secondary N) is 1. The Hall–Kier alpha value is -0.480. The number of hydrogen-bond donors (Lipinski definition) is 1. The van der Waals surface area contributed by atoms with Gasteiger partial charge < -0.3 is 9.88 Å². The number of imidazole rings is 1. The molecule has 1 aliphatic carbocycles. The van der Waals surface area contributed by atoms with Crippen molar-refractivity contribution in [3.8, 4) is 0 Å². The molecule has 1 saturated carbocycles. The molecule has 90 valence electrons. The minimum atomic E-state index is 0.585. The van der Waals surface area contributed by atoms with E-state index in [0.717, 1.165) is 17.7 Å². The zero-order valence-electron chi connectivity index (χ0n) is 10.1. The van der Waals surface area contributed by atoms with Crippen molar-refractivity contribution >= 4 is 11.8 Å². The molecular formula is C12H21N3S. The lowest BCUT2D eigenvalue weighted by molar-refractivity contribution is 0.527. The molecule has 0 spiro atoms. The maximum atomic E-state index is 4.33. The lowest BCUT2D eigenvalue weighted by Gasteiger charge is -2.16. The minimum Gasteiger partial charge on any atom is -0.329 e. The zero-order valence-corrected chi connectivity index (χ0v) is 11.0. The largest absolute Gasteiger partial charge is 0.329 e. The smallest absolute Gasteiger partial charge is 0.167 e. The van der Waals surface area contributed by atoms with Crippen LogP contribution in [0.1, 0.15) is 32.6 Å². The van der Waals surface area contributed by atoms with Crippen LogP contribution in [0.25, 0.3) is 0 Å². The predicted molar refractivity (Wildman–Crippen MR) is 68.8 cm³/mol. The second-order valence-electron chi connectivity index (χ2n) is 4.64. The number of rotatable bonds is 5. The van der Waals surface area contributed by atoms with E-state index in [-0.39, 0.29) is 0 Å². The molecule has 1 atom stereocenters. The molecule has 0 bridgehead atoms. The highest BCUT2D eigenvalue weighted by Gasteiger charge is 2.15. The molecule has 0 aromatic carbocycles. The molecule has 4 heteroatoms. The van der Waals surface area contributed by atoms with Gasteiger partial charge in [-0.05, 0) is 12.8 Å². The van der Waals surface area contributed by atoms with Gasteiger partial charge in [-0.1, -0.05) is 31.5 Å². The quantitative estimate of drug-likeness (QED) is 0.800. The van der Waals surface area contributed by atoms with Gasteiger partial charge in [0, 0.05) is 37.3 Å². The molecule has 2 rings (SSSR count). The van der Waals surface area contributed by atoms with Crippen LogP contribution in [-0.4, -0.2) is 27.4 Å². The van der Waals surface area contributed by atoms with Crippen molar-refractivity contribution < 1.29 is 0 Å². The number of aromatic nitrogens is 2. The van der Waals surface area contributed by atoms with Gasteiger partial charge in [0.2, 0.25) is 0 Å². The summed E-state index contributed by atoms with van der Waals surface area (Å²) in [6.45, 7) is 3.35. The highest BCUT2D eigenvalue weighted by atomic mass is 32.2. The van der Waals surface area contributed by atoms with Gasteiger partial charge in [-0.3, -0.25) is 0 Å². The van der Waals surface area contributed by atoms with Gasteiger partial charge in [-0.2, -0.15) is 0 Å². The molecule has 1 aromatic heterocycles. The monoisotopic (exact) mass is 239 g/mol. The fourth-order valence-electron chi connectivity index (χ4n) is 2.15. The fourth-order valence-corrected chi connectivity index (χ4v) is 3.04. The standard InChI is InChI=1S/C12H21N3S/c1-10(9-14-11-5-3-4-6-11)16-12-13-7-8-15(12)2/h7-8,10-11,14H,3-6,9H2,1-2H3. The van der Waals surface area contributed by atoms with Crippen LogP contribution in [0, 0.1) is 0 Å². The summed E-state index contributed by atoms with van der Waals surface area (Å²) >= 11 is 1.85. The summed E-state index contributed by atoms with van der Waals surface area (Å²) in [6, 6.07) is 0.768. The predicted octanol–water partition coefficient (Wildman–Crippen LogP) is 2.43. The normalized spacial score (nSPS) is 19.1. The molecule has 1 heterocycles. The lowest BCUT2D eigenvalue weighted by Crippen LogP contribution is -2.31. The summed E-state index contributed by atoms with van der Waals surface area (Å²) in [7, 11) is 2.05. The third-order valence-electron chi connectivity index (χ3n) is 3.13. The molecule has 1 N–H and O–H groups in total. The first kappa shape index (κ1) is 12.0. The maximum absolute atomic E-state index is 4.33. The average molecular weight is 239 g/mol. The molecule has 3 nitrogen and oxygen atoms in total. The Bertz CT molecular complexity index is 318. The molecule has 1 aromatic rings. The van der Waals surface area contributed by atoms with Crippen LogP contribution in [-0.2, 0) is 7.05 Å². The Balaban J connectivity index is 1.71. The third-order valence-corrected chi connectivity index (χ3v) is 4.31. The van der Waals surface area contributed by atoms with Crippen molar-refractivity contribution in [3.63, 3.8) is 0 Å². The van der Waals surface area contributed by atoms with Crippen molar-refractivity contribution in [1.82, 2.24) is 14.9 Å². The second kappa shape index (κ2) is 5.73. The summed E-state index contributed by atoms with van der Waals surface area (Å²) in [5.41, 5.74) is 0. The number of hydrogen-bond acceptors (Lipinski definition) is 3. The van der Waals surface area contributed by atoms with Crippen LogP contribution in [0.4, 0.5) is 0 Å². The molecule has 0 aliphatic heterocycles. The summed E-state index contributed by atoms with van der Waals surface area (Å²) in [5, 5.41) is 5.35. The fraction of sp³-hybridized carbons (Fsp3) is 0.750. The third kappa shape index (κ3) is 3.25. The molecule has 1 unspecified atom stereocenters. The number of nitrogens with zero attached hydrogens (tertiary/aromatic N) is 2. The second-order valence-corrected chi connectivity index (χ2v) is 6.04. The molecule has 0 radical (unpaired) electrons. The van der Waals surface area contributed by atoms with Crippen molar-refractivity contribution in [2.24, 2.45) is 7.05 Å². The van der Waals surface area contributed by atoms with Crippen LogP contribution in [0.2, 0.25) is 0 Å². The number of thioether (sulfide) groups is 1. The van der Waals surface area contributed by atoms with Gasteiger partial charge in [0.05, 0.1) is 0 Å².